The summed E-state index contributed by atoms with van der Waals surface area (Å²) in [5.41, 5.74) is 5.98. The zero-order chi connectivity index (χ0) is 17.6. The number of ketones is 1. The summed E-state index contributed by atoms with van der Waals surface area (Å²) in [5.74, 6) is 0.170. The van der Waals surface area contributed by atoms with Gasteiger partial charge >= 0.3 is 0 Å². The fraction of sp³-hybridized carbons (Fsp3) is 0.227. The first-order valence-electron chi connectivity index (χ1n) is 8.72. The van der Waals surface area contributed by atoms with Gasteiger partial charge in [-0.05, 0) is 54.7 Å². The summed E-state index contributed by atoms with van der Waals surface area (Å²) in [6.07, 6.45) is 6.74. The van der Waals surface area contributed by atoms with Crippen molar-refractivity contribution in [2.24, 2.45) is 0 Å². The number of hydrogen-bond donors (Lipinski definition) is 2. The lowest BCUT2D eigenvalue weighted by Crippen LogP contribution is -2.12. The Morgan fingerprint density at radius 2 is 1.20 bits per heavy atom. The maximum Gasteiger partial charge on any atom is 0.185 e. The number of nitrogens with one attached hydrogen (secondary N) is 2. The van der Waals surface area contributed by atoms with Crippen molar-refractivity contribution < 1.29 is 4.79 Å². The van der Waals surface area contributed by atoms with Crippen LogP contribution in [0.2, 0.25) is 0 Å². The third kappa shape index (κ3) is 3.82. The van der Waals surface area contributed by atoms with Crippen LogP contribution < -0.4 is 10.6 Å². The summed E-state index contributed by atoms with van der Waals surface area (Å²) in [7, 11) is 3.81. The van der Waals surface area contributed by atoms with Gasteiger partial charge in [0.1, 0.15) is 0 Å². The molecule has 1 aliphatic rings. The molecule has 1 aliphatic carbocycles. The Kier molecular flexibility index (Phi) is 5.34. The van der Waals surface area contributed by atoms with E-state index in [1.807, 2.05) is 74.8 Å². The smallest absolute Gasteiger partial charge is 0.185 e. The van der Waals surface area contributed by atoms with Crippen LogP contribution in [0.5, 0.6) is 0 Å². The average molecular weight is 332 g/mol. The molecule has 2 aromatic carbocycles. The summed E-state index contributed by atoms with van der Waals surface area (Å²) in [5, 5.41) is 6.37. The summed E-state index contributed by atoms with van der Waals surface area (Å²) in [4.78, 5) is 13.0. The van der Waals surface area contributed by atoms with Gasteiger partial charge in [-0.2, -0.15) is 0 Å². The highest BCUT2D eigenvalue weighted by Gasteiger charge is 2.21. The highest BCUT2D eigenvalue weighted by atomic mass is 16.1. The van der Waals surface area contributed by atoms with Crippen molar-refractivity contribution in [1.82, 2.24) is 0 Å². The van der Waals surface area contributed by atoms with Crippen molar-refractivity contribution in [2.45, 2.75) is 19.3 Å². The number of para-hydroxylation sites is 2. The Hall–Kier alpha value is -2.81. The molecule has 0 spiro atoms. The van der Waals surface area contributed by atoms with Crippen LogP contribution in [-0.2, 0) is 4.79 Å². The predicted octanol–water partition coefficient (Wildman–Crippen LogP) is 4.99. The van der Waals surface area contributed by atoms with Gasteiger partial charge in [-0.3, -0.25) is 4.79 Å². The third-order valence-electron chi connectivity index (χ3n) is 4.60. The average Bonchev–Trinajstić information content (AvgIpc) is 2.66. The minimum atomic E-state index is 0.170. The molecule has 3 nitrogen and oxygen atoms in total. The lowest BCUT2D eigenvalue weighted by Gasteiger charge is -2.18. The van der Waals surface area contributed by atoms with E-state index in [0.717, 1.165) is 52.9 Å². The first-order valence-corrected chi connectivity index (χ1v) is 8.72. The van der Waals surface area contributed by atoms with Crippen LogP contribution in [0, 0.1) is 0 Å². The topological polar surface area (TPSA) is 41.1 Å². The predicted molar refractivity (Wildman–Crippen MR) is 107 cm³/mol. The van der Waals surface area contributed by atoms with Gasteiger partial charge in [0.15, 0.2) is 5.78 Å². The minimum Gasteiger partial charge on any atom is -0.388 e. The second-order valence-corrected chi connectivity index (χ2v) is 6.20. The maximum atomic E-state index is 13.0. The Labute approximate surface area is 149 Å². The first-order chi connectivity index (χ1) is 12.2. The molecule has 0 saturated heterocycles. The van der Waals surface area contributed by atoms with Gasteiger partial charge in [0.2, 0.25) is 0 Å². The summed E-state index contributed by atoms with van der Waals surface area (Å²) >= 11 is 0. The highest BCUT2D eigenvalue weighted by molar-refractivity contribution is 6.14. The molecule has 3 rings (SSSR count). The lowest BCUT2D eigenvalue weighted by molar-refractivity contribution is -0.112. The largest absolute Gasteiger partial charge is 0.388 e. The van der Waals surface area contributed by atoms with Crippen molar-refractivity contribution in [3.8, 4) is 0 Å². The highest BCUT2D eigenvalue weighted by Crippen LogP contribution is 2.30. The van der Waals surface area contributed by atoms with E-state index < -0.39 is 0 Å². The molecule has 25 heavy (non-hydrogen) atoms. The monoisotopic (exact) mass is 332 g/mol. The number of Topliss-reactive ketones (excluding diaryl/α,β-unsaturated/α-hetero) is 1. The zero-order valence-corrected chi connectivity index (χ0v) is 14.8. The third-order valence-corrected chi connectivity index (χ3v) is 4.60. The quantitative estimate of drug-likeness (QED) is 0.775. The van der Waals surface area contributed by atoms with Gasteiger partial charge in [0, 0.05) is 36.6 Å². The Morgan fingerprint density at radius 3 is 1.64 bits per heavy atom. The molecule has 0 amide bonds. The van der Waals surface area contributed by atoms with E-state index in [-0.39, 0.29) is 5.78 Å². The molecular weight excluding hydrogens is 308 g/mol. The molecular formula is C22H24N2O. The molecule has 2 N–H and O–H groups in total. The fourth-order valence-electron chi connectivity index (χ4n) is 3.25. The van der Waals surface area contributed by atoms with Crippen LogP contribution in [0.1, 0.15) is 30.4 Å². The van der Waals surface area contributed by atoms with Crippen LogP contribution in [-0.4, -0.2) is 19.9 Å². The molecule has 0 radical (unpaired) electrons. The number of carbonyl (C=O) groups excluding carboxylic acids is 1. The molecule has 1 saturated carbocycles. The number of benzene rings is 2. The van der Waals surface area contributed by atoms with E-state index in [0.29, 0.717) is 0 Å². The molecule has 0 bridgehead atoms. The van der Waals surface area contributed by atoms with Crippen molar-refractivity contribution in [3.05, 3.63) is 70.8 Å². The number of carbonyl (C=O) groups is 1. The number of hydrogen-bond acceptors (Lipinski definition) is 3. The van der Waals surface area contributed by atoms with Crippen LogP contribution in [0.3, 0.4) is 0 Å². The van der Waals surface area contributed by atoms with Crippen molar-refractivity contribution in [3.63, 3.8) is 0 Å². The molecule has 0 unspecified atom stereocenters. The van der Waals surface area contributed by atoms with Crippen LogP contribution >= 0.6 is 0 Å². The Bertz CT molecular complexity index is 766. The van der Waals surface area contributed by atoms with Gasteiger partial charge in [0.25, 0.3) is 0 Å². The molecule has 0 heterocycles. The summed E-state index contributed by atoms with van der Waals surface area (Å²) in [6.45, 7) is 0. The van der Waals surface area contributed by atoms with Gasteiger partial charge in [-0.1, -0.05) is 36.4 Å². The Morgan fingerprint density at radius 1 is 0.760 bits per heavy atom. The fourth-order valence-corrected chi connectivity index (χ4v) is 3.25. The molecule has 0 atom stereocenters. The number of rotatable bonds is 4. The standard InChI is InChI=1S/C22H24N2O/c1-23-20-12-5-3-8-16(20)14-18-10-7-11-19(22(18)25)15-17-9-4-6-13-21(17)24-2/h3-6,8-9,12-15,23-24H,7,10-11H2,1-2H3. The Balaban J connectivity index is 1.93. The van der Waals surface area contributed by atoms with Crippen LogP contribution in [0.25, 0.3) is 12.2 Å². The number of anilines is 2. The maximum absolute atomic E-state index is 13.0. The number of allylic oxidation sites excluding steroid dienone is 2. The van der Waals surface area contributed by atoms with Crippen LogP contribution in [0.15, 0.2) is 59.7 Å². The molecule has 0 aromatic heterocycles. The minimum absolute atomic E-state index is 0.170. The molecule has 2 aromatic rings. The van der Waals surface area contributed by atoms with Gasteiger partial charge < -0.3 is 10.6 Å². The molecule has 128 valence electrons. The van der Waals surface area contributed by atoms with Crippen molar-refractivity contribution in [2.75, 3.05) is 24.7 Å². The second-order valence-electron chi connectivity index (χ2n) is 6.20. The lowest BCUT2D eigenvalue weighted by atomic mass is 9.86. The zero-order valence-electron chi connectivity index (χ0n) is 14.8. The van der Waals surface area contributed by atoms with Crippen molar-refractivity contribution >= 4 is 29.3 Å². The van der Waals surface area contributed by atoms with E-state index in [1.165, 1.54) is 0 Å². The van der Waals surface area contributed by atoms with E-state index in [1.54, 1.807) is 0 Å². The van der Waals surface area contributed by atoms with E-state index in [2.05, 4.69) is 10.6 Å². The van der Waals surface area contributed by atoms with Crippen LogP contribution in [0.4, 0.5) is 11.4 Å². The normalized spacial score (nSPS) is 17.8. The van der Waals surface area contributed by atoms with Crippen molar-refractivity contribution in [1.29, 1.82) is 0 Å². The second kappa shape index (κ2) is 7.84. The summed E-state index contributed by atoms with van der Waals surface area (Å²) in [6, 6.07) is 16.1. The first kappa shape index (κ1) is 17.0. The van der Waals surface area contributed by atoms with Gasteiger partial charge in [0.05, 0.1) is 0 Å². The van der Waals surface area contributed by atoms with E-state index in [9.17, 15) is 4.79 Å². The van der Waals surface area contributed by atoms with E-state index >= 15 is 0 Å². The molecule has 3 heteroatoms. The summed E-state index contributed by atoms with van der Waals surface area (Å²) < 4.78 is 0. The molecule has 0 aliphatic heterocycles. The molecule has 1 fully saturated rings. The van der Waals surface area contributed by atoms with Gasteiger partial charge in [-0.15, -0.1) is 0 Å². The SMILES string of the molecule is CNc1ccccc1C=C1CCCC(=Cc2ccccc2NC)C1=O. The van der Waals surface area contributed by atoms with Gasteiger partial charge in [-0.25, -0.2) is 0 Å². The van der Waals surface area contributed by atoms with E-state index in [4.69, 9.17) is 0 Å².